The number of aryl methyl sites for hydroxylation is 2. The number of anilines is 1. The Labute approximate surface area is 100 Å². The second-order valence-electron chi connectivity index (χ2n) is 4.09. The smallest absolute Gasteiger partial charge is 0.243 e. The SMILES string of the molecule is CCc1nnc(NC2CNC(=O)C2)nc1CC. The largest absolute Gasteiger partial charge is 0.354 e. The van der Waals surface area contributed by atoms with Crippen LogP contribution in [0.5, 0.6) is 0 Å². The van der Waals surface area contributed by atoms with Crippen LogP contribution < -0.4 is 10.6 Å². The molecule has 1 fully saturated rings. The van der Waals surface area contributed by atoms with Gasteiger partial charge in [0.2, 0.25) is 11.9 Å². The van der Waals surface area contributed by atoms with Crippen LogP contribution in [-0.4, -0.2) is 33.7 Å². The minimum atomic E-state index is 0.0661. The summed E-state index contributed by atoms with van der Waals surface area (Å²) in [6.45, 7) is 4.71. The van der Waals surface area contributed by atoms with E-state index >= 15 is 0 Å². The predicted octanol–water partition coefficient (Wildman–Crippen LogP) is 0.297. The molecule has 1 aliphatic rings. The van der Waals surface area contributed by atoms with Crippen molar-refractivity contribution >= 4 is 11.9 Å². The van der Waals surface area contributed by atoms with Crippen molar-refractivity contribution in [2.75, 3.05) is 11.9 Å². The predicted molar refractivity (Wildman–Crippen MR) is 63.6 cm³/mol. The number of carbonyl (C=O) groups is 1. The van der Waals surface area contributed by atoms with Crippen LogP contribution in [0.3, 0.4) is 0 Å². The van der Waals surface area contributed by atoms with E-state index in [1.54, 1.807) is 0 Å². The van der Waals surface area contributed by atoms with Gasteiger partial charge in [-0.3, -0.25) is 4.79 Å². The lowest BCUT2D eigenvalue weighted by Gasteiger charge is -2.11. The maximum atomic E-state index is 11.1. The Balaban J connectivity index is 2.08. The molecular formula is C11H17N5O. The molecule has 0 bridgehead atoms. The molecule has 2 rings (SSSR count). The monoisotopic (exact) mass is 235 g/mol. The summed E-state index contributed by atoms with van der Waals surface area (Å²) >= 11 is 0. The Bertz CT molecular complexity index is 420. The first-order chi connectivity index (χ1) is 8.22. The van der Waals surface area contributed by atoms with Crippen molar-refractivity contribution in [2.45, 2.75) is 39.2 Å². The number of nitrogens with zero attached hydrogens (tertiary/aromatic N) is 3. The number of rotatable bonds is 4. The molecule has 1 amide bonds. The average Bonchev–Trinajstić information content (AvgIpc) is 2.74. The first-order valence-electron chi connectivity index (χ1n) is 5.98. The molecule has 0 aromatic carbocycles. The molecular weight excluding hydrogens is 218 g/mol. The molecule has 0 saturated carbocycles. The fraction of sp³-hybridized carbons (Fsp3) is 0.636. The molecule has 0 radical (unpaired) electrons. The van der Waals surface area contributed by atoms with Crippen LogP contribution in [0, 0.1) is 0 Å². The van der Waals surface area contributed by atoms with Gasteiger partial charge in [0, 0.05) is 13.0 Å². The average molecular weight is 235 g/mol. The van der Waals surface area contributed by atoms with Gasteiger partial charge in [-0.25, -0.2) is 4.98 Å². The summed E-state index contributed by atoms with van der Waals surface area (Å²) < 4.78 is 0. The van der Waals surface area contributed by atoms with Gasteiger partial charge in [0.25, 0.3) is 0 Å². The van der Waals surface area contributed by atoms with Gasteiger partial charge in [-0.05, 0) is 12.8 Å². The number of amides is 1. The highest BCUT2D eigenvalue weighted by Gasteiger charge is 2.22. The highest BCUT2D eigenvalue weighted by atomic mass is 16.1. The second kappa shape index (κ2) is 5.07. The molecule has 1 saturated heterocycles. The Morgan fingerprint density at radius 2 is 2.06 bits per heavy atom. The maximum Gasteiger partial charge on any atom is 0.243 e. The molecule has 6 heteroatoms. The van der Waals surface area contributed by atoms with Crippen molar-refractivity contribution in [1.82, 2.24) is 20.5 Å². The summed E-state index contributed by atoms with van der Waals surface area (Å²) in [4.78, 5) is 15.5. The molecule has 1 aliphatic heterocycles. The molecule has 17 heavy (non-hydrogen) atoms. The fourth-order valence-electron chi connectivity index (χ4n) is 1.89. The molecule has 0 aliphatic carbocycles. The molecule has 1 aromatic rings. The highest BCUT2D eigenvalue weighted by molar-refractivity contribution is 5.79. The van der Waals surface area contributed by atoms with Crippen molar-refractivity contribution in [1.29, 1.82) is 0 Å². The fourth-order valence-corrected chi connectivity index (χ4v) is 1.89. The van der Waals surface area contributed by atoms with Crippen LogP contribution >= 0.6 is 0 Å². The van der Waals surface area contributed by atoms with E-state index in [0.29, 0.717) is 18.9 Å². The summed E-state index contributed by atoms with van der Waals surface area (Å²) in [5.41, 5.74) is 1.92. The van der Waals surface area contributed by atoms with E-state index < -0.39 is 0 Å². The van der Waals surface area contributed by atoms with Crippen molar-refractivity contribution in [2.24, 2.45) is 0 Å². The minimum absolute atomic E-state index is 0.0661. The van der Waals surface area contributed by atoms with E-state index in [9.17, 15) is 4.79 Å². The van der Waals surface area contributed by atoms with Gasteiger partial charge in [0.1, 0.15) is 0 Å². The van der Waals surface area contributed by atoms with E-state index in [2.05, 4.69) is 25.8 Å². The van der Waals surface area contributed by atoms with E-state index in [1.807, 2.05) is 13.8 Å². The summed E-state index contributed by atoms with van der Waals surface area (Å²) in [6.07, 6.45) is 2.16. The number of hydrogen-bond acceptors (Lipinski definition) is 5. The second-order valence-corrected chi connectivity index (χ2v) is 4.09. The van der Waals surface area contributed by atoms with Gasteiger partial charge in [-0.1, -0.05) is 13.8 Å². The maximum absolute atomic E-state index is 11.1. The topological polar surface area (TPSA) is 79.8 Å². The molecule has 2 heterocycles. The van der Waals surface area contributed by atoms with Crippen LogP contribution in [0.4, 0.5) is 5.95 Å². The molecule has 1 unspecified atom stereocenters. The Hall–Kier alpha value is -1.72. The van der Waals surface area contributed by atoms with E-state index in [0.717, 1.165) is 24.2 Å². The van der Waals surface area contributed by atoms with Gasteiger partial charge in [-0.15, -0.1) is 5.10 Å². The van der Waals surface area contributed by atoms with Crippen molar-refractivity contribution in [3.63, 3.8) is 0 Å². The van der Waals surface area contributed by atoms with Crippen molar-refractivity contribution in [3.8, 4) is 0 Å². The van der Waals surface area contributed by atoms with E-state index in [-0.39, 0.29) is 11.9 Å². The van der Waals surface area contributed by atoms with Crippen molar-refractivity contribution in [3.05, 3.63) is 11.4 Å². The van der Waals surface area contributed by atoms with Gasteiger partial charge in [0.15, 0.2) is 0 Å². The molecule has 1 aromatic heterocycles. The lowest BCUT2D eigenvalue weighted by atomic mass is 10.2. The lowest BCUT2D eigenvalue weighted by Crippen LogP contribution is -2.24. The van der Waals surface area contributed by atoms with Crippen LogP contribution in [0.25, 0.3) is 0 Å². The van der Waals surface area contributed by atoms with E-state index in [4.69, 9.17) is 0 Å². The van der Waals surface area contributed by atoms with Crippen LogP contribution in [0.2, 0.25) is 0 Å². The van der Waals surface area contributed by atoms with Crippen LogP contribution in [-0.2, 0) is 17.6 Å². The number of nitrogens with one attached hydrogen (secondary N) is 2. The number of carbonyl (C=O) groups excluding carboxylic acids is 1. The van der Waals surface area contributed by atoms with Crippen molar-refractivity contribution < 1.29 is 4.79 Å². The Kier molecular flexibility index (Phi) is 3.51. The third kappa shape index (κ3) is 2.69. The van der Waals surface area contributed by atoms with E-state index in [1.165, 1.54) is 0 Å². The molecule has 6 nitrogen and oxygen atoms in total. The minimum Gasteiger partial charge on any atom is -0.354 e. The van der Waals surface area contributed by atoms with Crippen LogP contribution in [0.15, 0.2) is 0 Å². The summed E-state index contributed by atoms with van der Waals surface area (Å²) in [5, 5.41) is 14.1. The molecule has 1 atom stereocenters. The highest BCUT2D eigenvalue weighted by Crippen LogP contribution is 2.10. The quantitative estimate of drug-likeness (QED) is 0.784. The molecule has 92 valence electrons. The summed E-state index contributed by atoms with van der Waals surface area (Å²) in [7, 11) is 0. The normalized spacial score (nSPS) is 19.2. The van der Waals surface area contributed by atoms with Crippen LogP contribution in [0.1, 0.15) is 31.7 Å². The Morgan fingerprint density at radius 1 is 1.29 bits per heavy atom. The van der Waals surface area contributed by atoms with Gasteiger partial charge >= 0.3 is 0 Å². The first-order valence-corrected chi connectivity index (χ1v) is 5.98. The summed E-state index contributed by atoms with van der Waals surface area (Å²) in [6, 6.07) is 0.0708. The third-order valence-corrected chi connectivity index (χ3v) is 2.82. The number of hydrogen-bond donors (Lipinski definition) is 2. The molecule has 0 spiro atoms. The lowest BCUT2D eigenvalue weighted by molar-refractivity contribution is -0.119. The zero-order valence-electron chi connectivity index (χ0n) is 10.2. The standard InChI is InChI=1S/C11H17N5O/c1-3-8-9(4-2)15-16-11(14-8)13-7-5-10(17)12-6-7/h7H,3-6H2,1-2H3,(H,12,17)(H,13,14,16). The summed E-state index contributed by atoms with van der Waals surface area (Å²) in [5.74, 6) is 0.580. The molecule has 2 N–H and O–H groups in total. The zero-order chi connectivity index (χ0) is 12.3. The van der Waals surface area contributed by atoms with Gasteiger partial charge < -0.3 is 10.6 Å². The third-order valence-electron chi connectivity index (χ3n) is 2.82. The zero-order valence-corrected chi connectivity index (χ0v) is 10.2. The Morgan fingerprint density at radius 3 is 2.65 bits per heavy atom. The number of aromatic nitrogens is 3. The van der Waals surface area contributed by atoms with Gasteiger partial charge in [-0.2, -0.15) is 5.10 Å². The first kappa shape index (κ1) is 11.8. The van der Waals surface area contributed by atoms with Gasteiger partial charge in [0.05, 0.1) is 17.4 Å².